The third-order valence-electron chi connectivity index (χ3n) is 2.91. The van der Waals surface area contributed by atoms with Crippen molar-refractivity contribution in [1.82, 2.24) is 14.8 Å². The quantitative estimate of drug-likeness (QED) is 0.653. The van der Waals surface area contributed by atoms with Crippen molar-refractivity contribution in [2.75, 3.05) is 0 Å². The molecule has 18 heavy (non-hydrogen) atoms. The molecule has 0 radical (unpaired) electrons. The molecule has 1 heterocycles. The topological polar surface area (TPSA) is 93.8 Å². The monoisotopic (exact) mass is 246 g/mol. The molecule has 1 N–H and O–H groups in total. The minimum Gasteiger partial charge on any atom is -0.292 e. The molecular formula is C11H10N4O3. The molecule has 1 fully saturated rings. The molecule has 7 heteroatoms. The van der Waals surface area contributed by atoms with E-state index in [9.17, 15) is 14.9 Å². The van der Waals surface area contributed by atoms with Crippen LogP contribution in [0.25, 0.3) is 5.69 Å². The van der Waals surface area contributed by atoms with Crippen LogP contribution in [0, 0.1) is 10.1 Å². The van der Waals surface area contributed by atoms with Crippen molar-refractivity contribution in [1.29, 1.82) is 0 Å². The number of nitro groups is 1. The number of benzene rings is 1. The molecule has 1 aliphatic rings. The van der Waals surface area contributed by atoms with E-state index in [1.165, 1.54) is 12.1 Å². The van der Waals surface area contributed by atoms with E-state index < -0.39 is 10.6 Å². The molecule has 1 aromatic carbocycles. The Morgan fingerprint density at radius 1 is 1.39 bits per heavy atom. The van der Waals surface area contributed by atoms with Crippen molar-refractivity contribution in [2.24, 2.45) is 0 Å². The zero-order valence-electron chi connectivity index (χ0n) is 9.37. The fourth-order valence-electron chi connectivity index (χ4n) is 1.84. The van der Waals surface area contributed by atoms with E-state index in [1.54, 1.807) is 12.1 Å². The molecule has 0 bridgehead atoms. The van der Waals surface area contributed by atoms with Gasteiger partial charge in [-0.25, -0.2) is 4.79 Å². The van der Waals surface area contributed by atoms with Gasteiger partial charge in [-0.2, -0.15) is 4.68 Å². The zero-order valence-corrected chi connectivity index (χ0v) is 9.37. The van der Waals surface area contributed by atoms with Crippen LogP contribution < -0.4 is 5.69 Å². The first-order chi connectivity index (χ1) is 8.66. The summed E-state index contributed by atoms with van der Waals surface area (Å²) in [7, 11) is 0. The lowest BCUT2D eigenvalue weighted by Gasteiger charge is -2.00. The van der Waals surface area contributed by atoms with Crippen LogP contribution in [-0.2, 0) is 0 Å². The number of para-hydroxylation sites is 2. The maximum atomic E-state index is 11.8. The average Bonchev–Trinajstić information content (AvgIpc) is 3.13. The lowest BCUT2D eigenvalue weighted by Crippen LogP contribution is -2.17. The summed E-state index contributed by atoms with van der Waals surface area (Å²) in [5.41, 5.74) is -0.379. The molecule has 0 unspecified atom stereocenters. The molecule has 1 saturated carbocycles. The predicted octanol–water partition coefficient (Wildman–Crippen LogP) is 1.35. The van der Waals surface area contributed by atoms with Gasteiger partial charge in [0.25, 0.3) is 5.69 Å². The number of aromatic nitrogens is 3. The van der Waals surface area contributed by atoms with Gasteiger partial charge in [0.15, 0.2) is 0 Å². The number of nitrogens with zero attached hydrogens (tertiary/aromatic N) is 3. The first-order valence-corrected chi connectivity index (χ1v) is 5.60. The van der Waals surface area contributed by atoms with Crippen LogP contribution in [0.1, 0.15) is 24.6 Å². The van der Waals surface area contributed by atoms with Gasteiger partial charge >= 0.3 is 5.69 Å². The van der Waals surface area contributed by atoms with Gasteiger partial charge in [-0.05, 0) is 18.9 Å². The van der Waals surface area contributed by atoms with Crippen molar-refractivity contribution in [3.05, 3.63) is 50.7 Å². The largest absolute Gasteiger partial charge is 0.348 e. The van der Waals surface area contributed by atoms with Gasteiger partial charge in [-0.1, -0.05) is 12.1 Å². The highest BCUT2D eigenvalue weighted by atomic mass is 16.6. The fourth-order valence-corrected chi connectivity index (χ4v) is 1.84. The fraction of sp³-hybridized carbons (Fsp3) is 0.273. The van der Waals surface area contributed by atoms with Crippen molar-refractivity contribution in [3.63, 3.8) is 0 Å². The summed E-state index contributed by atoms with van der Waals surface area (Å²) >= 11 is 0. The Hall–Kier alpha value is -2.44. The number of rotatable bonds is 3. The second-order valence-electron chi connectivity index (χ2n) is 4.25. The van der Waals surface area contributed by atoms with Crippen LogP contribution in [-0.4, -0.2) is 19.7 Å². The number of hydrogen-bond acceptors (Lipinski definition) is 4. The van der Waals surface area contributed by atoms with Gasteiger partial charge in [-0.3, -0.25) is 15.1 Å². The average molecular weight is 246 g/mol. The van der Waals surface area contributed by atoms with Gasteiger partial charge in [-0.15, -0.1) is 5.10 Å². The van der Waals surface area contributed by atoms with Crippen molar-refractivity contribution >= 4 is 5.69 Å². The molecule has 0 amide bonds. The van der Waals surface area contributed by atoms with E-state index in [2.05, 4.69) is 10.1 Å². The lowest BCUT2D eigenvalue weighted by atomic mass is 10.3. The van der Waals surface area contributed by atoms with E-state index in [-0.39, 0.29) is 11.4 Å². The highest BCUT2D eigenvalue weighted by Crippen LogP contribution is 2.37. The number of nitro benzene ring substituents is 1. The molecule has 0 atom stereocenters. The maximum Gasteiger partial charge on any atom is 0.348 e. The molecule has 0 saturated heterocycles. The van der Waals surface area contributed by atoms with Crippen LogP contribution in [0.5, 0.6) is 0 Å². The highest BCUT2D eigenvalue weighted by Gasteiger charge is 2.28. The third-order valence-corrected chi connectivity index (χ3v) is 2.91. The van der Waals surface area contributed by atoms with Gasteiger partial charge in [0.1, 0.15) is 11.5 Å². The molecule has 0 aliphatic heterocycles. The standard InChI is InChI=1S/C11H10N4O3/c16-11-12-10(7-5-6-7)13-14(11)8-3-1-2-4-9(8)15(17)18/h1-4,7H,5-6H2,(H,12,13,16). The normalized spacial score (nSPS) is 14.7. The maximum absolute atomic E-state index is 11.8. The molecule has 3 rings (SSSR count). The number of nitrogens with one attached hydrogen (secondary N) is 1. The molecule has 0 spiro atoms. The summed E-state index contributed by atoms with van der Waals surface area (Å²) in [6, 6.07) is 6.06. The Morgan fingerprint density at radius 3 is 2.78 bits per heavy atom. The first-order valence-electron chi connectivity index (χ1n) is 5.60. The van der Waals surface area contributed by atoms with Gasteiger partial charge in [0.05, 0.1) is 4.92 Å². The summed E-state index contributed by atoms with van der Waals surface area (Å²) in [4.78, 5) is 24.8. The third kappa shape index (κ3) is 1.69. The summed E-state index contributed by atoms with van der Waals surface area (Å²) in [6.07, 6.45) is 2.01. The summed E-state index contributed by atoms with van der Waals surface area (Å²) < 4.78 is 1.06. The lowest BCUT2D eigenvalue weighted by molar-refractivity contribution is -0.384. The molecule has 7 nitrogen and oxygen atoms in total. The molecule has 2 aromatic rings. The smallest absolute Gasteiger partial charge is 0.292 e. The SMILES string of the molecule is O=c1[nH]c(C2CC2)nn1-c1ccccc1[N+](=O)[O-]. The van der Waals surface area contributed by atoms with Crippen molar-refractivity contribution < 1.29 is 4.92 Å². The Kier molecular flexibility index (Phi) is 2.26. The van der Waals surface area contributed by atoms with Gasteiger partial charge < -0.3 is 0 Å². The van der Waals surface area contributed by atoms with Gasteiger partial charge in [0.2, 0.25) is 0 Å². The summed E-state index contributed by atoms with van der Waals surface area (Å²) in [5, 5.41) is 15.0. The second-order valence-corrected chi connectivity index (χ2v) is 4.25. The minimum absolute atomic E-state index is 0.131. The molecule has 1 aliphatic carbocycles. The van der Waals surface area contributed by atoms with Crippen LogP contribution >= 0.6 is 0 Å². The second kappa shape index (κ2) is 3.80. The van der Waals surface area contributed by atoms with Crippen molar-refractivity contribution in [2.45, 2.75) is 18.8 Å². The Morgan fingerprint density at radius 2 is 2.11 bits per heavy atom. The van der Waals surface area contributed by atoms with Crippen molar-refractivity contribution in [3.8, 4) is 5.69 Å². The van der Waals surface area contributed by atoms with E-state index in [4.69, 9.17) is 0 Å². The van der Waals surface area contributed by atoms with E-state index >= 15 is 0 Å². The van der Waals surface area contributed by atoms with E-state index in [1.807, 2.05) is 0 Å². The predicted molar refractivity (Wildman–Crippen MR) is 62.8 cm³/mol. The van der Waals surface area contributed by atoms with Crippen LogP contribution in [0.4, 0.5) is 5.69 Å². The Balaban J connectivity index is 2.14. The summed E-state index contributed by atoms with van der Waals surface area (Å²) in [6.45, 7) is 0. The minimum atomic E-state index is -0.521. The number of aromatic amines is 1. The molecule has 1 aromatic heterocycles. The van der Waals surface area contributed by atoms with Crippen LogP contribution in [0.15, 0.2) is 29.1 Å². The number of hydrogen-bond donors (Lipinski definition) is 1. The number of H-pyrrole nitrogens is 1. The van der Waals surface area contributed by atoms with Gasteiger partial charge in [0, 0.05) is 12.0 Å². The van der Waals surface area contributed by atoms with E-state index in [0.29, 0.717) is 11.7 Å². The Bertz CT molecular complexity index is 669. The zero-order chi connectivity index (χ0) is 12.7. The molecule has 92 valence electrons. The molecular weight excluding hydrogens is 236 g/mol. The Labute approximate surface area is 101 Å². The van der Waals surface area contributed by atoms with E-state index in [0.717, 1.165) is 17.5 Å². The summed E-state index contributed by atoms with van der Waals surface area (Å²) in [5.74, 6) is 0.903. The van der Waals surface area contributed by atoms with Crippen LogP contribution in [0.3, 0.4) is 0 Å². The van der Waals surface area contributed by atoms with Crippen LogP contribution in [0.2, 0.25) is 0 Å². The highest BCUT2D eigenvalue weighted by molar-refractivity contribution is 5.51. The first kappa shape index (κ1) is 10.7.